The van der Waals surface area contributed by atoms with Crippen LogP contribution in [0.25, 0.3) is 11.1 Å². The highest BCUT2D eigenvalue weighted by atomic mass is 16.4. The highest BCUT2D eigenvalue weighted by molar-refractivity contribution is 5.93. The lowest BCUT2D eigenvalue weighted by molar-refractivity contribution is -0.140. The van der Waals surface area contributed by atoms with E-state index in [1.54, 1.807) is 38.7 Å². The molecule has 30 nitrogen and oxygen atoms in total. The van der Waals surface area contributed by atoms with Gasteiger partial charge in [0.25, 0.3) is 0 Å². The number of carbonyl (C=O) groups is 10. The van der Waals surface area contributed by atoms with Crippen molar-refractivity contribution in [2.45, 2.75) is 88.6 Å². The first-order valence-corrected chi connectivity index (χ1v) is 34.3. The molecule has 0 spiro atoms. The topological polar surface area (TPSA) is 437 Å². The lowest BCUT2D eigenvalue weighted by Crippen LogP contribution is -2.58. The van der Waals surface area contributed by atoms with Gasteiger partial charge < -0.3 is 79.2 Å². The minimum atomic E-state index is -1.10. The summed E-state index contributed by atoms with van der Waals surface area (Å²) in [7, 11) is 0. The molecule has 1 fully saturated rings. The molecule has 0 aromatic heterocycles. The number of hydrogen-bond acceptors (Lipinski definition) is 18. The van der Waals surface area contributed by atoms with Gasteiger partial charge in [-0.3, -0.25) is 63.3 Å². The number of phenolic OH excluding ortho intramolecular Hbond substituents is 1. The smallest absolute Gasteiger partial charge is 0.344 e. The molecule has 550 valence electrons. The van der Waals surface area contributed by atoms with Crippen LogP contribution in [0.4, 0.5) is 10.5 Å². The van der Waals surface area contributed by atoms with Gasteiger partial charge in [0.1, 0.15) is 18.0 Å². The van der Waals surface area contributed by atoms with Crippen LogP contribution in [0.2, 0.25) is 0 Å². The van der Waals surface area contributed by atoms with Crippen molar-refractivity contribution in [3.05, 3.63) is 156 Å². The fraction of sp³-hybridized carbons (Fsp3) is 0.431. The van der Waals surface area contributed by atoms with Crippen LogP contribution >= 0.6 is 0 Å². The summed E-state index contributed by atoms with van der Waals surface area (Å²) in [5, 5.41) is 65.3. The third kappa shape index (κ3) is 29.8. The summed E-state index contributed by atoms with van der Waals surface area (Å²) in [4.78, 5) is 139. The van der Waals surface area contributed by atoms with Crippen LogP contribution in [-0.2, 0) is 56.1 Å². The van der Waals surface area contributed by atoms with Gasteiger partial charge in [-0.15, -0.1) is 0 Å². The fourth-order valence-electron chi connectivity index (χ4n) is 11.3. The predicted octanol–water partition coefficient (Wildman–Crippen LogP) is 1.26. The minimum Gasteiger partial charge on any atom is -0.508 e. The van der Waals surface area contributed by atoms with Crippen LogP contribution in [0, 0.1) is 0 Å². The Morgan fingerprint density at radius 2 is 1.03 bits per heavy atom. The Morgan fingerprint density at radius 1 is 0.520 bits per heavy atom. The summed E-state index contributed by atoms with van der Waals surface area (Å²) < 4.78 is 0. The molecular formula is C72H98N16O14. The number of aliphatic imine (C=N–C) groups is 1. The number of guanidine groups is 1. The molecule has 30 heteroatoms. The predicted molar refractivity (Wildman–Crippen MR) is 385 cm³/mol. The Balaban J connectivity index is 1.02. The molecule has 5 aromatic rings. The maximum atomic E-state index is 14.5. The normalized spacial score (nSPS) is 15.1. The quantitative estimate of drug-likeness (QED) is 0.0114. The highest BCUT2D eigenvalue weighted by Crippen LogP contribution is 2.27. The summed E-state index contributed by atoms with van der Waals surface area (Å²) >= 11 is 0. The SMILES string of the molecule is CCC(=O)NCCNC(=O)/N=C(/N)NCCC[C@@H](NC(=O)[C@@H](c1ccccc1)c1ccc(NCCCNC(=O)[C@H](N)CCCNC(=O)[C@@H](Cc2ccc(-c3ccccc3)cc2)NC(C=O)N2CCN(CC(=O)O)CCN(CC(=O)O)CCN(CC(=O)O)CC2)cc1)C(=O)NCc1ccc(O)cc1. The number of anilines is 1. The van der Waals surface area contributed by atoms with Gasteiger partial charge in [0, 0.05) is 110 Å². The van der Waals surface area contributed by atoms with E-state index in [4.69, 9.17) is 11.5 Å². The van der Waals surface area contributed by atoms with E-state index in [-0.39, 0.29) is 148 Å². The molecule has 102 heavy (non-hydrogen) atoms. The van der Waals surface area contributed by atoms with Crippen LogP contribution in [0.1, 0.15) is 73.6 Å². The summed E-state index contributed by atoms with van der Waals surface area (Å²) in [6.07, 6.45) is 1.57. The van der Waals surface area contributed by atoms with Crippen molar-refractivity contribution in [2.75, 3.05) is 117 Å². The Morgan fingerprint density at radius 3 is 1.62 bits per heavy atom. The van der Waals surface area contributed by atoms with Gasteiger partial charge in [-0.25, -0.2) is 4.79 Å². The van der Waals surface area contributed by atoms with Gasteiger partial charge in [-0.05, 0) is 96.2 Å². The molecule has 0 aliphatic carbocycles. The highest BCUT2D eigenvalue weighted by Gasteiger charge is 2.31. The monoisotopic (exact) mass is 1410 g/mol. The molecule has 6 rings (SSSR count). The molecule has 0 radical (unpaired) electrons. The molecule has 17 N–H and O–H groups in total. The number of phenols is 1. The number of aldehydes is 1. The summed E-state index contributed by atoms with van der Waals surface area (Å²) in [5.74, 6) is -6.07. The number of urea groups is 1. The van der Waals surface area contributed by atoms with E-state index in [1.165, 1.54) is 12.1 Å². The zero-order chi connectivity index (χ0) is 73.6. The maximum Gasteiger partial charge on any atom is 0.344 e. The first kappa shape index (κ1) is 80.6. The molecule has 0 bridgehead atoms. The number of aliphatic carboxylic acids is 3. The molecule has 5 aromatic carbocycles. The summed E-state index contributed by atoms with van der Waals surface area (Å²) in [6.45, 7) is 3.53. The van der Waals surface area contributed by atoms with E-state index >= 15 is 0 Å². The van der Waals surface area contributed by atoms with Crippen molar-refractivity contribution in [1.29, 1.82) is 0 Å². The third-order valence-corrected chi connectivity index (χ3v) is 16.9. The molecule has 0 saturated carbocycles. The molecule has 7 amide bonds. The van der Waals surface area contributed by atoms with Crippen molar-refractivity contribution in [2.24, 2.45) is 16.5 Å². The van der Waals surface area contributed by atoms with Crippen molar-refractivity contribution < 1.29 is 68.4 Å². The molecule has 5 atom stereocenters. The Hall–Kier alpha value is -10.4. The van der Waals surface area contributed by atoms with Crippen LogP contribution in [-0.4, -0.2) is 241 Å². The third-order valence-electron chi connectivity index (χ3n) is 16.9. The van der Waals surface area contributed by atoms with Crippen molar-refractivity contribution in [3.8, 4) is 16.9 Å². The average Bonchev–Trinajstić information content (AvgIpc) is 0.833. The molecule has 1 unspecified atom stereocenters. The molecule has 1 aliphatic heterocycles. The summed E-state index contributed by atoms with van der Waals surface area (Å²) in [6, 6.07) is 36.6. The number of nitrogens with zero attached hydrogens (tertiary/aromatic N) is 5. The number of nitrogens with two attached hydrogens (primary N) is 2. The van der Waals surface area contributed by atoms with E-state index < -0.39 is 71.9 Å². The molecule has 1 aliphatic rings. The number of carbonyl (C=O) groups excluding carboxylic acids is 7. The van der Waals surface area contributed by atoms with Crippen LogP contribution < -0.4 is 59.3 Å². The maximum absolute atomic E-state index is 14.5. The van der Waals surface area contributed by atoms with Gasteiger partial charge in [0.15, 0.2) is 12.2 Å². The number of carboxylic acid groups (broad SMARTS) is 3. The first-order chi connectivity index (χ1) is 49.2. The number of benzene rings is 5. The molecular weight excluding hydrogens is 1310 g/mol. The first-order valence-electron chi connectivity index (χ1n) is 34.3. The number of aromatic hydroxyl groups is 1. The number of nitrogens with one attached hydrogen (secondary N) is 9. The Kier molecular flexibility index (Phi) is 34.8. The zero-order valence-corrected chi connectivity index (χ0v) is 57.6. The molecule has 1 saturated heterocycles. The number of hydrogen-bond donors (Lipinski definition) is 15. The fourth-order valence-corrected chi connectivity index (χ4v) is 11.3. The summed E-state index contributed by atoms with van der Waals surface area (Å²) in [5.41, 5.74) is 17.8. The lowest BCUT2D eigenvalue weighted by atomic mass is 9.90. The Labute approximate surface area is 593 Å². The van der Waals surface area contributed by atoms with Crippen LogP contribution in [0.15, 0.2) is 138 Å². The van der Waals surface area contributed by atoms with E-state index in [1.807, 2.05) is 109 Å². The molecule has 1 heterocycles. The second kappa shape index (κ2) is 44.0. The van der Waals surface area contributed by atoms with Gasteiger partial charge in [-0.2, -0.15) is 4.99 Å². The average molecular weight is 1410 g/mol. The van der Waals surface area contributed by atoms with Gasteiger partial charge >= 0.3 is 23.9 Å². The largest absolute Gasteiger partial charge is 0.508 e. The number of carboxylic acids is 3. The number of rotatable bonds is 39. The lowest BCUT2D eigenvalue weighted by Gasteiger charge is -2.36. The Bertz CT molecular complexity index is 3470. The van der Waals surface area contributed by atoms with Gasteiger partial charge in [-0.1, -0.05) is 116 Å². The van der Waals surface area contributed by atoms with Crippen molar-refractivity contribution in [1.82, 2.24) is 62.1 Å². The van der Waals surface area contributed by atoms with Crippen molar-refractivity contribution >= 4 is 71.4 Å². The van der Waals surface area contributed by atoms with Crippen molar-refractivity contribution in [3.63, 3.8) is 0 Å². The van der Waals surface area contributed by atoms with E-state index in [0.717, 1.165) is 27.9 Å². The van der Waals surface area contributed by atoms with Gasteiger partial charge in [0.2, 0.25) is 29.5 Å². The van der Waals surface area contributed by atoms with Gasteiger partial charge in [0.05, 0.1) is 37.6 Å². The van der Waals surface area contributed by atoms with E-state index in [9.17, 15) is 68.4 Å². The zero-order valence-electron chi connectivity index (χ0n) is 57.6. The second-order valence-corrected chi connectivity index (χ2v) is 24.6. The van der Waals surface area contributed by atoms with E-state index in [0.29, 0.717) is 56.2 Å². The standard InChI is InChI=1S/C72H98N16O14/c1-2-62(91)76-34-35-80-72(102)84-71(74)79-31-10-17-59(68(99)81-45-51-20-28-57(90)29-21-51)83-70(101)66(54-14-7-4-8-15-54)55-24-26-56(27-25-55)75-32-11-33-77-67(98)58(73)16-9-30-78-69(100)60(44-50-18-22-53(23-19-50)52-12-5-3-6-13-52)82-61(49-89)88-42-40-86(47-64(94)95)38-36-85(46-63(92)93)37-39-87(41-43-88)48-65(96)97/h3-8,12-15,18-29,49,58-61,66,75,82,90H,2,9-11,16-17,30-48,73H2,1H3,(H,76,91)(H,77,98)(H,78,100)(H,81,99)(H,83,101)(H,92,93)(H,94,95)(H,96,97)(H4,74,79,80,84,102)/t58-,59-,60-,61?,66+/m1/s1. The second-order valence-electron chi connectivity index (χ2n) is 24.6. The van der Waals surface area contributed by atoms with Crippen LogP contribution in [0.3, 0.4) is 0 Å². The minimum absolute atomic E-state index is 0.0694. The van der Waals surface area contributed by atoms with E-state index in [2.05, 4.69) is 52.8 Å². The number of amides is 7. The van der Waals surface area contributed by atoms with Crippen LogP contribution in [0.5, 0.6) is 5.75 Å².